The Morgan fingerprint density at radius 2 is 2.16 bits per heavy atom. The van der Waals surface area contributed by atoms with Crippen molar-refractivity contribution in [2.45, 2.75) is 40.3 Å². The lowest BCUT2D eigenvalue weighted by Gasteiger charge is -2.19. The molecule has 0 unspecified atom stereocenters. The quantitative estimate of drug-likeness (QED) is 0.668. The van der Waals surface area contributed by atoms with E-state index in [0.717, 1.165) is 39.3 Å². The summed E-state index contributed by atoms with van der Waals surface area (Å²) >= 11 is 1.92. The van der Waals surface area contributed by atoms with Crippen molar-refractivity contribution in [1.82, 2.24) is 10.2 Å². The van der Waals surface area contributed by atoms with E-state index in [0.29, 0.717) is 0 Å². The summed E-state index contributed by atoms with van der Waals surface area (Å²) in [6.07, 6.45) is 1.19. The lowest BCUT2D eigenvalue weighted by Crippen LogP contribution is -2.26. The third-order valence-electron chi connectivity index (χ3n) is 3.25. The molecule has 0 radical (unpaired) electrons. The summed E-state index contributed by atoms with van der Waals surface area (Å²) in [5.74, 6) is 0. The summed E-state index contributed by atoms with van der Waals surface area (Å²) in [7, 11) is 1.77. The van der Waals surface area contributed by atoms with E-state index in [1.54, 1.807) is 7.11 Å². The Labute approximate surface area is 122 Å². The molecule has 3 nitrogen and oxygen atoms in total. The van der Waals surface area contributed by atoms with Gasteiger partial charge in [0.05, 0.1) is 6.61 Å². The monoisotopic (exact) mass is 284 g/mol. The van der Waals surface area contributed by atoms with Crippen LogP contribution in [0.5, 0.6) is 0 Å². The van der Waals surface area contributed by atoms with Crippen LogP contribution in [0.1, 0.15) is 35.6 Å². The highest BCUT2D eigenvalue weighted by atomic mass is 32.1. The van der Waals surface area contributed by atoms with Gasteiger partial charge in [0.2, 0.25) is 0 Å². The van der Waals surface area contributed by atoms with Crippen molar-refractivity contribution in [2.75, 3.05) is 33.4 Å². The first kappa shape index (κ1) is 16.6. The van der Waals surface area contributed by atoms with Crippen molar-refractivity contribution >= 4 is 11.3 Å². The molecule has 110 valence electrons. The first-order valence-corrected chi connectivity index (χ1v) is 8.03. The molecule has 0 aromatic carbocycles. The van der Waals surface area contributed by atoms with Crippen LogP contribution >= 0.6 is 11.3 Å². The second-order valence-corrected chi connectivity index (χ2v) is 6.17. The van der Waals surface area contributed by atoms with E-state index in [9.17, 15) is 0 Å². The van der Waals surface area contributed by atoms with Gasteiger partial charge in [0.1, 0.15) is 0 Å². The molecule has 0 aliphatic heterocycles. The number of aryl methyl sites for hydroxylation is 1. The van der Waals surface area contributed by atoms with Crippen molar-refractivity contribution < 1.29 is 4.74 Å². The Hall–Kier alpha value is -0.420. The number of hydrogen-bond donors (Lipinski definition) is 1. The van der Waals surface area contributed by atoms with E-state index >= 15 is 0 Å². The van der Waals surface area contributed by atoms with Crippen LogP contribution < -0.4 is 5.32 Å². The van der Waals surface area contributed by atoms with Crippen molar-refractivity contribution in [3.8, 4) is 0 Å². The minimum absolute atomic E-state index is 0.807. The number of nitrogens with one attached hydrogen (secondary N) is 1. The third-order valence-corrected chi connectivity index (χ3v) is 4.34. The molecular weight excluding hydrogens is 256 g/mol. The highest BCUT2D eigenvalue weighted by Gasteiger charge is 2.09. The van der Waals surface area contributed by atoms with Gasteiger partial charge < -0.3 is 10.1 Å². The summed E-state index contributed by atoms with van der Waals surface area (Å²) in [5, 5.41) is 3.47. The van der Waals surface area contributed by atoms with E-state index in [2.05, 4.69) is 37.1 Å². The molecule has 1 aromatic rings. The molecule has 0 fully saturated rings. The summed E-state index contributed by atoms with van der Waals surface area (Å²) in [5.41, 5.74) is 1.47. The van der Waals surface area contributed by atoms with Crippen molar-refractivity contribution in [1.29, 1.82) is 0 Å². The zero-order valence-corrected chi connectivity index (χ0v) is 13.6. The summed E-state index contributed by atoms with van der Waals surface area (Å²) < 4.78 is 5.16. The number of nitrogens with zero attached hydrogens (tertiary/aromatic N) is 1. The number of hydrogen-bond acceptors (Lipinski definition) is 4. The van der Waals surface area contributed by atoms with E-state index in [1.807, 2.05) is 11.3 Å². The molecule has 0 saturated carbocycles. The summed E-state index contributed by atoms with van der Waals surface area (Å²) in [6.45, 7) is 12.7. The topological polar surface area (TPSA) is 24.5 Å². The van der Waals surface area contributed by atoms with Crippen molar-refractivity contribution in [3.05, 3.63) is 21.4 Å². The highest BCUT2D eigenvalue weighted by molar-refractivity contribution is 7.12. The number of ether oxygens (including phenoxy) is 1. The van der Waals surface area contributed by atoms with Crippen LogP contribution in [0.15, 0.2) is 6.07 Å². The minimum Gasteiger partial charge on any atom is -0.383 e. The van der Waals surface area contributed by atoms with Crippen molar-refractivity contribution in [3.63, 3.8) is 0 Å². The van der Waals surface area contributed by atoms with E-state index in [4.69, 9.17) is 4.74 Å². The van der Waals surface area contributed by atoms with Gasteiger partial charge in [0.15, 0.2) is 0 Å². The van der Waals surface area contributed by atoms with Crippen LogP contribution in [0.4, 0.5) is 0 Å². The normalized spacial score (nSPS) is 11.4. The Morgan fingerprint density at radius 1 is 1.37 bits per heavy atom. The lowest BCUT2D eigenvalue weighted by molar-refractivity contribution is 0.147. The molecule has 4 heteroatoms. The summed E-state index contributed by atoms with van der Waals surface area (Å²) in [4.78, 5) is 5.33. The Kier molecular flexibility index (Phi) is 8.30. The van der Waals surface area contributed by atoms with Gasteiger partial charge in [-0.05, 0) is 38.1 Å². The van der Waals surface area contributed by atoms with Gasteiger partial charge >= 0.3 is 0 Å². The van der Waals surface area contributed by atoms with Gasteiger partial charge in [-0.2, -0.15) is 0 Å². The SMILES string of the molecule is CCCNCc1cc(CN(CC)CCOC)c(C)s1. The van der Waals surface area contributed by atoms with Crippen molar-refractivity contribution in [2.24, 2.45) is 0 Å². The van der Waals surface area contributed by atoms with Crippen LogP contribution in [-0.2, 0) is 17.8 Å². The lowest BCUT2D eigenvalue weighted by atomic mass is 10.2. The second-order valence-electron chi connectivity index (χ2n) is 4.83. The maximum Gasteiger partial charge on any atom is 0.0589 e. The van der Waals surface area contributed by atoms with E-state index < -0.39 is 0 Å². The van der Waals surface area contributed by atoms with Gasteiger partial charge in [-0.3, -0.25) is 4.90 Å². The maximum absolute atomic E-state index is 5.16. The smallest absolute Gasteiger partial charge is 0.0589 e. The van der Waals surface area contributed by atoms with Gasteiger partial charge in [-0.1, -0.05) is 13.8 Å². The molecule has 0 bridgehead atoms. The number of methoxy groups -OCH3 is 1. The Balaban J connectivity index is 2.52. The Bertz CT molecular complexity index is 352. The van der Waals surface area contributed by atoms with Gasteiger partial charge in [-0.15, -0.1) is 11.3 Å². The van der Waals surface area contributed by atoms with Crippen LogP contribution in [0, 0.1) is 6.92 Å². The molecule has 1 rings (SSSR count). The fourth-order valence-electron chi connectivity index (χ4n) is 2.03. The van der Waals surface area contributed by atoms with Gasteiger partial charge in [0.25, 0.3) is 0 Å². The third kappa shape index (κ3) is 6.04. The Morgan fingerprint density at radius 3 is 2.79 bits per heavy atom. The zero-order valence-electron chi connectivity index (χ0n) is 12.8. The van der Waals surface area contributed by atoms with Crippen LogP contribution in [-0.4, -0.2) is 38.3 Å². The average molecular weight is 284 g/mol. The molecule has 0 amide bonds. The predicted octanol–water partition coefficient (Wildman–Crippen LogP) is 3.02. The average Bonchev–Trinajstić information content (AvgIpc) is 2.75. The zero-order chi connectivity index (χ0) is 14.1. The summed E-state index contributed by atoms with van der Waals surface area (Å²) in [6, 6.07) is 2.36. The number of thiophene rings is 1. The van der Waals surface area contributed by atoms with Crippen LogP contribution in [0.3, 0.4) is 0 Å². The van der Waals surface area contributed by atoms with Crippen LogP contribution in [0.2, 0.25) is 0 Å². The van der Waals surface area contributed by atoms with Gasteiger partial charge in [-0.25, -0.2) is 0 Å². The molecule has 19 heavy (non-hydrogen) atoms. The molecule has 0 spiro atoms. The van der Waals surface area contributed by atoms with E-state index in [-0.39, 0.29) is 0 Å². The molecule has 0 saturated heterocycles. The fraction of sp³-hybridized carbons (Fsp3) is 0.733. The molecule has 1 N–H and O–H groups in total. The highest BCUT2D eigenvalue weighted by Crippen LogP contribution is 2.22. The molecule has 0 atom stereocenters. The molecule has 1 aromatic heterocycles. The molecule has 0 aliphatic rings. The van der Waals surface area contributed by atoms with Crippen LogP contribution in [0.25, 0.3) is 0 Å². The van der Waals surface area contributed by atoms with E-state index in [1.165, 1.54) is 21.7 Å². The first-order chi connectivity index (χ1) is 9.21. The largest absolute Gasteiger partial charge is 0.383 e. The number of likely N-dealkylation sites (N-methyl/N-ethyl adjacent to an activating group) is 1. The van der Waals surface area contributed by atoms with Gasteiger partial charge in [0, 0.05) is 36.5 Å². The second kappa shape index (κ2) is 9.48. The first-order valence-electron chi connectivity index (χ1n) is 7.21. The fourth-order valence-corrected chi connectivity index (χ4v) is 3.05. The standard InChI is InChI=1S/C15H28N2OS/c1-5-7-16-11-15-10-14(13(3)19-15)12-17(6-2)8-9-18-4/h10,16H,5-9,11-12H2,1-4H3. The number of rotatable bonds is 10. The molecular formula is C15H28N2OS. The molecule has 0 aliphatic carbocycles. The maximum atomic E-state index is 5.16. The predicted molar refractivity (Wildman–Crippen MR) is 83.9 cm³/mol. The molecule has 1 heterocycles. The minimum atomic E-state index is 0.807.